The molecule has 1 amide bonds. The minimum Gasteiger partial charge on any atom is -0.295 e. The third-order valence-electron chi connectivity index (χ3n) is 5.06. The van der Waals surface area contributed by atoms with Crippen LogP contribution in [0.2, 0.25) is 0 Å². The number of aryl methyl sites for hydroxylation is 1. The van der Waals surface area contributed by atoms with Gasteiger partial charge in [-0.3, -0.25) is 14.4 Å². The zero-order valence-corrected chi connectivity index (χ0v) is 20.0. The van der Waals surface area contributed by atoms with E-state index in [0.717, 1.165) is 22.1 Å². The van der Waals surface area contributed by atoms with E-state index in [1.807, 2.05) is 41.3 Å². The molecule has 31 heavy (non-hydrogen) atoms. The second kappa shape index (κ2) is 9.06. The van der Waals surface area contributed by atoms with Crippen molar-refractivity contribution in [3.8, 4) is 0 Å². The molecule has 1 N–H and O–H groups in total. The highest BCUT2D eigenvalue weighted by atomic mass is 79.9. The van der Waals surface area contributed by atoms with Crippen molar-refractivity contribution in [1.29, 1.82) is 0 Å². The Bertz CT molecular complexity index is 1180. The molecule has 3 aromatic rings. The van der Waals surface area contributed by atoms with Crippen LogP contribution in [0.5, 0.6) is 0 Å². The molecule has 1 atom stereocenters. The summed E-state index contributed by atoms with van der Waals surface area (Å²) in [5.41, 5.74) is 3.51. The maximum atomic E-state index is 12.6. The molecule has 0 bridgehead atoms. The van der Waals surface area contributed by atoms with Crippen LogP contribution in [0.1, 0.15) is 23.4 Å². The normalized spacial score (nSPS) is 16.5. The Labute approximate surface area is 195 Å². The van der Waals surface area contributed by atoms with Crippen molar-refractivity contribution in [3.05, 3.63) is 88.4 Å². The van der Waals surface area contributed by atoms with E-state index in [-0.39, 0.29) is 16.2 Å². The summed E-state index contributed by atoms with van der Waals surface area (Å²) in [5.74, 6) is 0.484. The van der Waals surface area contributed by atoms with Gasteiger partial charge in [0.05, 0.1) is 10.6 Å². The summed E-state index contributed by atoms with van der Waals surface area (Å²) in [4.78, 5) is 14.6. The van der Waals surface area contributed by atoms with Crippen molar-refractivity contribution in [1.82, 2.24) is 0 Å². The molecule has 3 aromatic carbocycles. The lowest BCUT2D eigenvalue weighted by Crippen LogP contribution is -2.27. The van der Waals surface area contributed by atoms with E-state index >= 15 is 0 Å². The van der Waals surface area contributed by atoms with E-state index in [1.165, 1.54) is 5.56 Å². The summed E-state index contributed by atoms with van der Waals surface area (Å²) in [6.07, 6.45) is 0.948. The molecule has 1 heterocycles. The first-order valence-corrected chi connectivity index (χ1v) is 13.1. The van der Waals surface area contributed by atoms with E-state index in [2.05, 4.69) is 27.6 Å². The monoisotopic (exact) mass is 516 g/mol. The molecule has 0 spiro atoms. The largest absolute Gasteiger partial charge is 0.295 e. The maximum absolute atomic E-state index is 12.6. The van der Waals surface area contributed by atoms with Crippen LogP contribution in [-0.2, 0) is 21.2 Å². The summed E-state index contributed by atoms with van der Waals surface area (Å²) >= 11 is 4.87. The first-order valence-electron chi connectivity index (χ1n) is 9.78. The summed E-state index contributed by atoms with van der Waals surface area (Å²) in [6.45, 7) is 2.10. The lowest BCUT2D eigenvalue weighted by molar-refractivity contribution is -0.115. The predicted octanol–water partition coefficient (Wildman–Crippen LogP) is 5.59. The van der Waals surface area contributed by atoms with E-state index < -0.39 is 10.0 Å². The number of thioether (sulfide) groups is 1. The van der Waals surface area contributed by atoms with Gasteiger partial charge in [-0.25, -0.2) is 8.42 Å². The summed E-state index contributed by atoms with van der Waals surface area (Å²) in [7, 11) is -3.67. The van der Waals surface area contributed by atoms with Crippen LogP contribution in [0, 0.1) is 0 Å². The Morgan fingerprint density at radius 2 is 1.65 bits per heavy atom. The number of hydrogen-bond donors (Lipinski definition) is 1. The number of nitrogens with one attached hydrogen (secondary N) is 1. The number of benzene rings is 3. The molecule has 5 nitrogen and oxygen atoms in total. The van der Waals surface area contributed by atoms with Crippen molar-refractivity contribution in [3.63, 3.8) is 0 Å². The topological polar surface area (TPSA) is 66.5 Å². The van der Waals surface area contributed by atoms with Gasteiger partial charge in [0.25, 0.3) is 10.0 Å². The van der Waals surface area contributed by atoms with Gasteiger partial charge >= 0.3 is 0 Å². The van der Waals surface area contributed by atoms with Gasteiger partial charge in [-0.15, -0.1) is 11.8 Å². The molecule has 0 saturated carbocycles. The van der Waals surface area contributed by atoms with Crippen LogP contribution >= 0.6 is 27.7 Å². The highest BCUT2D eigenvalue weighted by Gasteiger charge is 2.34. The lowest BCUT2D eigenvalue weighted by Gasteiger charge is -2.24. The zero-order chi connectivity index (χ0) is 22.0. The quantitative estimate of drug-likeness (QED) is 0.463. The first-order chi connectivity index (χ1) is 14.9. The summed E-state index contributed by atoms with van der Waals surface area (Å²) in [6, 6.07) is 21.7. The van der Waals surface area contributed by atoms with E-state index in [1.54, 1.807) is 48.2 Å². The standard InChI is InChI=1S/C23H21BrN2O3S2/c1-2-16-3-11-20(12-4-16)26-22(27)15-30-23(26)17-5-9-19(10-6-17)25-31(28,29)21-13-7-18(24)8-14-21/h3-14,23,25H,2,15H2,1H3. The Hall–Kier alpha value is -2.29. The van der Waals surface area contributed by atoms with Crippen LogP contribution in [-0.4, -0.2) is 20.1 Å². The number of hydrogen-bond acceptors (Lipinski definition) is 4. The van der Waals surface area contributed by atoms with Gasteiger partial charge in [-0.1, -0.05) is 47.1 Å². The Morgan fingerprint density at radius 1 is 1.00 bits per heavy atom. The number of rotatable bonds is 6. The van der Waals surface area contributed by atoms with Crippen LogP contribution in [0.25, 0.3) is 0 Å². The van der Waals surface area contributed by atoms with Gasteiger partial charge in [0.1, 0.15) is 5.37 Å². The van der Waals surface area contributed by atoms with Crippen molar-refractivity contribution < 1.29 is 13.2 Å². The van der Waals surface area contributed by atoms with Crippen molar-refractivity contribution >= 4 is 55.0 Å². The van der Waals surface area contributed by atoms with E-state index in [9.17, 15) is 13.2 Å². The fourth-order valence-corrected chi connectivity index (χ4v) is 5.89. The van der Waals surface area contributed by atoms with Gasteiger partial charge in [-0.05, 0) is 66.1 Å². The van der Waals surface area contributed by atoms with Gasteiger partial charge in [0.2, 0.25) is 5.91 Å². The van der Waals surface area contributed by atoms with Crippen molar-refractivity contribution in [2.24, 2.45) is 0 Å². The lowest BCUT2D eigenvalue weighted by atomic mass is 10.1. The van der Waals surface area contributed by atoms with Crippen LogP contribution in [0.3, 0.4) is 0 Å². The number of halogens is 1. The summed E-state index contributed by atoms with van der Waals surface area (Å²) < 4.78 is 28.6. The average molecular weight is 517 g/mol. The van der Waals surface area contributed by atoms with Crippen molar-refractivity contribution in [2.75, 3.05) is 15.4 Å². The van der Waals surface area contributed by atoms with E-state index in [0.29, 0.717) is 11.4 Å². The molecule has 1 saturated heterocycles. The van der Waals surface area contributed by atoms with Crippen LogP contribution in [0.15, 0.2) is 82.2 Å². The van der Waals surface area contributed by atoms with Crippen LogP contribution in [0.4, 0.5) is 11.4 Å². The zero-order valence-electron chi connectivity index (χ0n) is 16.8. The third-order valence-corrected chi connectivity index (χ3v) is 8.20. The van der Waals surface area contributed by atoms with Crippen molar-refractivity contribution in [2.45, 2.75) is 23.6 Å². The molecule has 4 rings (SSSR count). The molecule has 0 aliphatic carbocycles. The SMILES string of the molecule is CCc1ccc(N2C(=O)CSC2c2ccc(NS(=O)(=O)c3ccc(Br)cc3)cc2)cc1. The minimum atomic E-state index is -3.67. The smallest absolute Gasteiger partial charge is 0.261 e. The second-order valence-corrected chi connectivity index (χ2v) is 10.8. The number of sulfonamides is 1. The molecule has 1 fully saturated rings. The number of anilines is 2. The average Bonchev–Trinajstić information content (AvgIpc) is 3.16. The Balaban J connectivity index is 1.54. The summed E-state index contributed by atoms with van der Waals surface area (Å²) in [5, 5.41) is -0.142. The van der Waals surface area contributed by atoms with Gasteiger partial charge in [0, 0.05) is 15.8 Å². The minimum absolute atomic E-state index is 0.0688. The number of nitrogens with zero attached hydrogens (tertiary/aromatic N) is 1. The van der Waals surface area contributed by atoms with Gasteiger partial charge < -0.3 is 0 Å². The molecule has 1 unspecified atom stereocenters. The number of carbonyl (C=O) groups excluding carboxylic acids is 1. The molecule has 160 valence electrons. The fraction of sp³-hybridized carbons (Fsp3) is 0.174. The molecule has 1 aliphatic heterocycles. The fourth-order valence-electron chi connectivity index (χ4n) is 3.39. The van der Waals surface area contributed by atoms with Gasteiger partial charge in [0.15, 0.2) is 0 Å². The highest BCUT2D eigenvalue weighted by molar-refractivity contribution is 9.10. The number of amides is 1. The molecule has 0 aromatic heterocycles. The predicted molar refractivity (Wildman–Crippen MR) is 130 cm³/mol. The molecule has 0 radical (unpaired) electrons. The van der Waals surface area contributed by atoms with E-state index in [4.69, 9.17) is 0 Å². The molecule has 8 heteroatoms. The maximum Gasteiger partial charge on any atom is 0.261 e. The number of carbonyl (C=O) groups is 1. The van der Waals surface area contributed by atoms with Crippen LogP contribution < -0.4 is 9.62 Å². The second-order valence-electron chi connectivity index (χ2n) is 7.13. The Morgan fingerprint density at radius 3 is 2.26 bits per heavy atom. The van der Waals surface area contributed by atoms with Gasteiger partial charge in [-0.2, -0.15) is 0 Å². The Kier molecular flexibility index (Phi) is 6.41. The highest BCUT2D eigenvalue weighted by Crippen LogP contribution is 2.42. The molecular formula is C23H21BrN2O3S2. The molecular weight excluding hydrogens is 496 g/mol. The first kappa shape index (κ1) is 21.9. The third kappa shape index (κ3) is 4.81. The molecule has 1 aliphatic rings.